The molecule has 0 bridgehead atoms. The first-order chi connectivity index (χ1) is 11.8. The first-order valence-electron chi connectivity index (χ1n) is 8.03. The van der Waals surface area contributed by atoms with Crippen molar-refractivity contribution in [1.82, 2.24) is 14.9 Å². The van der Waals surface area contributed by atoms with Crippen molar-refractivity contribution in [3.63, 3.8) is 0 Å². The number of aromatic nitrogens is 2. The minimum atomic E-state index is 0.503. The highest BCUT2D eigenvalue weighted by Crippen LogP contribution is 2.21. The second-order valence-electron chi connectivity index (χ2n) is 5.48. The molecule has 3 rings (SSSR count). The molecule has 2 aromatic rings. The van der Waals surface area contributed by atoms with Gasteiger partial charge in [-0.3, -0.25) is 4.90 Å². The lowest BCUT2D eigenvalue weighted by molar-refractivity contribution is 0.0322. The topological polar surface area (TPSA) is 59.5 Å². The number of ether oxygens (including phenoxy) is 2. The molecule has 6 nitrogen and oxygen atoms in total. The Morgan fingerprint density at radius 3 is 2.92 bits per heavy atom. The fourth-order valence-electron chi connectivity index (χ4n) is 2.52. The number of nitrogens with zero attached hydrogens (tertiary/aromatic N) is 3. The van der Waals surface area contributed by atoms with Gasteiger partial charge in [-0.15, -0.1) is 0 Å². The van der Waals surface area contributed by atoms with Gasteiger partial charge in [-0.2, -0.15) is 0 Å². The lowest BCUT2D eigenvalue weighted by Crippen LogP contribution is -2.38. The van der Waals surface area contributed by atoms with Crippen LogP contribution in [0.1, 0.15) is 5.56 Å². The highest BCUT2D eigenvalue weighted by atomic mass is 35.5. The van der Waals surface area contributed by atoms with Gasteiger partial charge < -0.3 is 14.8 Å². The summed E-state index contributed by atoms with van der Waals surface area (Å²) < 4.78 is 11.3. The fraction of sp³-hybridized carbons (Fsp3) is 0.412. The van der Waals surface area contributed by atoms with Crippen molar-refractivity contribution < 1.29 is 9.47 Å². The molecule has 1 saturated heterocycles. The number of benzene rings is 1. The molecule has 0 atom stereocenters. The van der Waals surface area contributed by atoms with E-state index in [4.69, 9.17) is 21.1 Å². The Kier molecular flexibility index (Phi) is 6.23. The predicted octanol–water partition coefficient (Wildman–Crippen LogP) is 2.45. The Labute approximate surface area is 146 Å². The van der Waals surface area contributed by atoms with E-state index in [-0.39, 0.29) is 0 Å². The molecule has 0 spiro atoms. The molecular weight excluding hydrogens is 328 g/mol. The van der Waals surface area contributed by atoms with Gasteiger partial charge in [-0.05, 0) is 6.07 Å². The Morgan fingerprint density at radius 1 is 1.25 bits per heavy atom. The molecule has 0 aliphatic carbocycles. The zero-order valence-corrected chi connectivity index (χ0v) is 14.2. The lowest BCUT2D eigenvalue weighted by Gasteiger charge is -2.26. The van der Waals surface area contributed by atoms with Crippen molar-refractivity contribution in [2.24, 2.45) is 0 Å². The van der Waals surface area contributed by atoms with Crippen LogP contribution in [-0.2, 0) is 11.3 Å². The molecule has 0 saturated carbocycles. The summed E-state index contributed by atoms with van der Waals surface area (Å²) in [7, 11) is 0. The SMILES string of the molecule is Clc1cncnc1NCc1ccccc1OCCN1CCOCC1. The van der Waals surface area contributed by atoms with Crippen LogP contribution >= 0.6 is 11.6 Å². The minimum Gasteiger partial charge on any atom is -0.492 e. The highest BCUT2D eigenvalue weighted by molar-refractivity contribution is 6.32. The third-order valence-corrected chi connectivity index (χ3v) is 4.13. The van der Waals surface area contributed by atoms with Crippen LogP contribution in [0.2, 0.25) is 5.02 Å². The van der Waals surface area contributed by atoms with E-state index < -0.39 is 0 Å². The molecule has 1 aliphatic rings. The van der Waals surface area contributed by atoms with Gasteiger partial charge in [0.1, 0.15) is 29.5 Å². The van der Waals surface area contributed by atoms with E-state index in [0.29, 0.717) is 24.0 Å². The van der Waals surface area contributed by atoms with Crippen LogP contribution < -0.4 is 10.1 Å². The maximum absolute atomic E-state index is 6.07. The second-order valence-corrected chi connectivity index (χ2v) is 5.89. The molecular formula is C17H21ClN4O2. The zero-order chi connectivity index (χ0) is 16.6. The quantitative estimate of drug-likeness (QED) is 0.829. The Morgan fingerprint density at radius 2 is 2.08 bits per heavy atom. The average molecular weight is 349 g/mol. The summed E-state index contributed by atoms with van der Waals surface area (Å²) in [6.07, 6.45) is 3.04. The summed E-state index contributed by atoms with van der Waals surface area (Å²) in [6.45, 7) is 5.70. The van der Waals surface area contributed by atoms with Crippen LogP contribution in [0.25, 0.3) is 0 Å². The van der Waals surface area contributed by atoms with Crippen LogP contribution in [0.4, 0.5) is 5.82 Å². The smallest absolute Gasteiger partial charge is 0.148 e. The first kappa shape index (κ1) is 17.0. The highest BCUT2D eigenvalue weighted by Gasteiger charge is 2.11. The molecule has 1 fully saturated rings. The van der Waals surface area contributed by atoms with Gasteiger partial charge in [0.2, 0.25) is 0 Å². The number of para-hydroxylation sites is 1. The van der Waals surface area contributed by atoms with E-state index in [9.17, 15) is 0 Å². The van der Waals surface area contributed by atoms with Gasteiger partial charge in [-0.25, -0.2) is 9.97 Å². The van der Waals surface area contributed by atoms with Crippen molar-refractivity contribution >= 4 is 17.4 Å². The van der Waals surface area contributed by atoms with Crippen LogP contribution in [-0.4, -0.2) is 54.3 Å². The van der Waals surface area contributed by atoms with Gasteiger partial charge in [0, 0.05) is 31.7 Å². The summed E-state index contributed by atoms with van der Waals surface area (Å²) in [5.41, 5.74) is 1.06. The third kappa shape index (κ3) is 4.80. The van der Waals surface area contributed by atoms with Crippen LogP contribution in [0.15, 0.2) is 36.8 Å². The Bertz CT molecular complexity index is 650. The molecule has 1 aromatic heterocycles. The fourth-order valence-corrected chi connectivity index (χ4v) is 2.69. The molecule has 24 heavy (non-hydrogen) atoms. The van der Waals surface area contributed by atoms with Gasteiger partial charge >= 0.3 is 0 Å². The molecule has 7 heteroatoms. The maximum atomic E-state index is 6.07. The first-order valence-corrected chi connectivity index (χ1v) is 8.41. The van der Waals surface area contributed by atoms with Crippen molar-refractivity contribution in [2.45, 2.75) is 6.54 Å². The molecule has 1 aromatic carbocycles. The average Bonchev–Trinajstić information content (AvgIpc) is 2.63. The molecule has 128 valence electrons. The van der Waals surface area contributed by atoms with Gasteiger partial charge in [0.05, 0.1) is 19.4 Å². The number of anilines is 1. The maximum Gasteiger partial charge on any atom is 0.148 e. The van der Waals surface area contributed by atoms with Crippen LogP contribution in [0.3, 0.4) is 0 Å². The molecule has 0 amide bonds. The number of nitrogens with one attached hydrogen (secondary N) is 1. The van der Waals surface area contributed by atoms with Crippen molar-refractivity contribution in [3.8, 4) is 5.75 Å². The van der Waals surface area contributed by atoms with E-state index in [2.05, 4.69) is 20.2 Å². The number of morpholine rings is 1. The normalized spacial score (nSPS) is 15.2. The lowest BCUT2D eigenvalue weighted by atomic mass is 10.2. The summed E-state index contributed by atoms with van der Waals surface area (Å²) in [6, 6.07) is 7.99. The number of halogens is 1. The van der Waals surface area contributed by atoms with Gasteiger partial charge in [-0.1, -0.05) is 29.8 Å². The number of hydrogen-bond acceptors (Lipinski definition) is 6. The van der Waals surface area contributed by atoms with E-state index in [1.807, 2.05) is 24.3 Å². The number of rotatable bonds is 7. The standard InChI is InChI=1S/C17H21ClN4O2/c18-15-12-19-13-21-17(15)20-11-14-3-1-2-4-16(14)24-10-7-22-5-8-23-9-6-22/h1-4,12-13H,5-11H2,(H,19,20,21). The Balaban J connectivity index is 1.53. The van der Waals surface area contributed by atoms with Crippen LogP contribution in [0, 0.1) is 0 Å². The molecule has 1 N–H and O–H groups in total. The van der Waals surface area contributed by atoms with E-state index in [1.165, 1.54) is 6.33 Å². The zero-order valence-electron chi connectivity index (χ0n) is 13.4. The third-order valence-electron chi connectivity index (χ3n) is 3.86. The van der Waals surface area contributed by atoms with Crippen molar-refractivity contribution in [3.05, 3.63) is 47.4 Å². The Hall–Kier alpha value is -1.89. The van der Waals surface area contributed by atoms with E-state index >= 15 is 0 Å². The van der Waals surface area contributed by atoms with Crippen molar-refractivity contribution in [2.75, 3.05) is 44.8 Å². The van der Waals surface area contributed by atoms with Gasteiger partial charge in [0.25, 0.3) is 0 Å². The van der Waals surface area contributed by atoms with Crippen molar-refractivity contribution in [1.29, 1.82) is 0 Å². The predicted molar refractivity (Wildman–Crippen MR) is 93.6 cm³/mol. The van der Waals surface area contributed by atoms with Gasteiger partial charge in [0.15, 0.2) is 0 Å². The minimum absolute atomic E-state index is 0.503. The largest absolute Gasteiger partial charge is 0.492 e. The van der Waals surface area contributed by atoms with E-state index in [1.54, 1.807) is 6.20 Å². The second kappa shape index (κ2) is 8.82. The molecule has 2 heterocycles. The molecule has 1 aliphatic heterocycles. The number of hydrogen-bond donors (Lipinski definition) is 1. The van der Waals surface area contributed by atoms with Crippen LogP contribution in [0.5, 0.6) is 5.75 Å². The molecule has 0 radical (unpaired) electrons. The van der Waals surface area contributed by atoms with E-state index in [0.717, 1.165) is 44.2 Å². The summed E-state index contributed by atoms with van der Waals surface area (Å²) in [4.78, 5) is 10.4. The summed E-state index contributed by atoms with van der Waals surface area (Å²) in [5.74, 6) is 1.50. The monoisotopic (exact) mass is 348 g/mol. The summed E-state index contributed by atoms with van der Waals surface area (Å²) >= 11 is 6.07. The molecule has 0 unspecified atom stereocenters. The summed E-state index contributed by atoms with van der Waals surface area (Å²) in [5, 5.41) is 3.72.